The van der Waals surface area contributed by atoms with E-state index in [1.807, 2.05) is 32.8 Å². The summed E-state index contributed by atoms with van der Waals surface area (Å²) in [5.41, 5.74) is 6.55. The lowest BCUT2D eigenvalue weighted by Gasteiger charge is -2.10. The van der Waals surface area contributed by atoms with E-state index in [0.717, 1.165) is 0 Å². The monoisotopic (exact) mass is 198 g/mol. The van der Waals surface area contributed by atoms with Gasteiger partial charge in [-0.1, -0.05) is 19.9 Å². The SMILES string of the molecule is CC.CN(C)Cc1ccc(N)cc1F. The number of halogens is 1. The summed E-state index contributed by atoms with van der Waals surface area (Å²) in [4.78, 5) is 1.91. The van der Waals surface area contributed by atoms with Crippen LogP contribution < -0.4 is 5.73 Å². The van der Waals surface area contributed by atoms with Gasteiger partial charge in [0.05, 0.1) is 0 Å². The molecule has 0 saturated carbocycles. The second-order valence-electron chi connectivity index (χ2n) is 3.09. The number of nitrogen functional groups attached to an aromatic ring is 1. The summed E-state index contributed by atoms with van der Waals surface area (Å²) < 4.78 is 13.1. The minimum atomic E-state index is -0.233. The van der Waals surface area contributed by atoms with Crippen LogP contribution in [0.2, 0.25) is 0 Å². The maximum absolute atomic E-state index is 13.1. The van der Waals surface area contributed by atoms with Gasteiger partial charge in [0.25, 0.3) is 0 Å². The molecule has 0 bridgehead atoms. The molecule has 0 aliphatic rings. The molecule has 0 spiro atoms. The van der Waals surface area contributed by atoms with Crippen LogP contribution in [0, 0.1) is 5.82 Å². The van der Waals surface area contributed by atoms with Gasteiger partial charge in [-0.25, -0.2) is 4.39 Å². The standard InChI is InChI=1S/C9H13FN2.C2H6/c1-12(2)6-7-3-4-8(11)5-9(7)10;1-2/h3-5H,6,11H2,1-2H3;1-2H3. The molecule has 1 aromatic carbocycles. The molecule has 0 aromatic heterocycles. The molecule has 0 amide bonds. The Balaban J connectivity index is 0.000000791. The molecule has 3 heteroatoms. The predicted octanol–water partition coefficient (Wildman–Crippen LogP) is 2.50. The molecule has 2 N–H and O–H groups in total. The van der Waals surface area contributed by atoms with Gasteiger partial charge >= 0.3 is 0 Å². The van der Waals surface area contributed by atoms with E-state index in [-0.39, 0.29) is 5.82 Å². The van der Waals surface area contributed by atoms with Crippen LogP contribution in [0.25, 0.3) is 0 Å². The highest BCUT2D eigenvalue weighted by molar-refractivity contribution is 5.40. The number of nitrogens with zero attached hydrogens (tertiary/aromatic N) is 1. The molecular formula is C11H19FN2. The van der Waals surface area contributed by atoms with Crippen LogP contribution in [0.3, 0.4) is 0 Å². The van der Waals surface area contributed by atoms with E-state index in [4.69, 9.17) is 5.73 Å². The minimum Gasteiger partial charge on any atom is -0.399 e. The Labute approximate surface area is 85.5 Å². The Morgan fingerprint density at radius 1 is 1.29 bits per heavy atom. The summed E-state index contributed by atoms with van der Waals surface area (Å²) in [5.74, 6) is -0.233. The van der Waals surface area contributed by atoms with Crippen molar-refractivity contribution < 1.29 is 4.39 Å². The van der Waals surface area contributed by atoms with Crippen molar-refractivity contribution in [2.24, 2.45) is 0 Å². The molecule has 0 aliphatic heterocycles. The normalized spacial score (nSPS) is 9.57. The van der Waals surface area contributed by atoms with Crippen molar-refractivity contribution in [1.29, 1.82) is 0 Å². The summed E-state index contributed by atoms with van der Waals surface area (Å²) >= 11 is 0. The average molecular weight is 198 g/mol. The summed E-state index contributed by atoms with van der Waals surface area (Å²) in [7, 11) is 3.80. The fourth-order valence-corrected chi connectivity index (χ4v) is 1.03. The smallest absolute Gasteiger partial charge is 0.129 e. The minimum absolute atomic E-state index is 0.233. The molecule has 1 aromatic rings. The lowest BCUT2D eigenvalue weighted by atomic mass is 10.2. The van der Waals surface area contributed by atoms with Gasteiger partial charge in [-0.15, -0.1) is 0 Å². The van der Waals surface area contributed by atoms with E-state index >= 15 is 0 Å². The molecule has 0 radical (unpaired) electrons. The van der Waals surface area contributed by atoms with Gasteiger partial charge in [-0.05, 0) is 26.2 Å². The Morgan fingerprint density at radius 3 is 2.29 bits per heavy atom. The molecule has 0 aliphatic carbocycles. The van der Waals surface area contributed by atoms with E-state index in [0.29, 0.717) is 17.8 Å². The third-order valence-corrected chi connectivity index (χ3v) is 1.56. The maximum atomic E-state index is 13.1. The van der Waals surface area contributed by atoms with Crippen LogP contribution in [0.5, 0.6) is 0 Å². The summed E-state index contributed by atoms with van der Waals surface area (Å²) in [6, 6.07) is 4.77. The fourth-order valence-electron chi connectivity index (χ4n) is 1.03. The first kappa shape index (κ1) is 12.9. The number of benzene rings is 1. The summed E-state index contributed by atoms with van der Waals surface area (Å²) in [6.07, 6.45) is 0. The molecule has 0 saturated heterocycles. The first-order valence-corrected chi connectivity index (χ1v) is 4.78. The van der Waals surface area contributed by atoms with Crippen molar-refractivity contribution in [1.82, 2.24) is 4.90 Å². The third kappa shape index (κ3) is 4.23. The highest BCUT2D eigenvalue weighted by atomic mass is 19.1. The molecule has 0 atom stereocenters. The lowest BCUT2D eigenvalue weighted by Crippen LogP contribution is -2.11. The Morgan fingerprint density at radius 2 is 1.86 bits per heavy atom. The van der Waals surface area contributed by atoms with E-state index in [1.165, 1.54) is 6.07 Å². The average Bonchev–Trinajstić information content (AvgIpc) is 2.13. The third-order valence-electron chi connectivity index (χ3n) is 1.56. The van der Waals surface area contributed by atoms with Crippen LogP contribution in [-0.4, -0.2) is 19.0 Å². The van der Waals surface area contributed by atoms with Gasteiger partial charge < -0.3 is 10.6 Å². The van der Waals surface area contributed by atoms with Crippen LogP contribution in [0.4, 0.5) is 10.1 Å². The van der Waals surface area contributed by atoms with Crippen molar-refractivity contribution in [3.05, 3.63) is 29.6 Å². The number of nitrogens with two attached hydrogens (primary N) is 1. The molecule has 80 valence electrons. The van der Waals surface area contributed by atoms with Gasteiger partial charge in [0.1, 0.15) is 5.82 Å². The number of anilines is 1. The molecule has 0 fully saturated rings. The first-order valence-electron chi connectivity index (χ1n) is 4.78. The number of hydrogen-bond acceptors (Lipinski definition) is 2. The Kier molecular flexibility index (Phi) is 5.88. The number of hydrogen-bond donors (Lipinski definition) is 1. The highest BCUT2D eigenvalue weighted by Gasteiger charge is 2.02. The Bertz CT molecular complexity index is 272. The van der Waals surface area contributed by atoms with Gasteiger partial charge in [0, 0.05) is 17.8 Å². The van der Waals surface area contributed by atoms with Gasteiger partial charge in [0.2, 0.25) is 0 Å². The van der Waals surface area contributed by atoms with E-state index in [1.54, 1.807) is 12.1 Å². The van der Waals surface area contributed by atoms with Crippen LogP contribution in [-0.2, 0) is 6.54 Å². The van der Waals surface area contributed by atoms with Crippen LogP contribution in [0.1, 0.15) is 19.4 Å². The molecule has 1 rings (SSSR count). The molecule has 0 unspecified atom stereocenters. The van der Waals surface area contributed by atoms with Crippen molar-refractivity contribution in [2.75, 3.05) is 19.8 Å². The lowest BCUT2D eigenvalue weighted by molar-refractivity contribution is 0.392. The second-order valence-corrected chi connectivity index (χ2v) is 3.09. The van der Waals surface area contributed by atoms with E-state index in [9.17, 15) is 4.39 Å². The van der Waals surface area contributed by atoms with Gasteiger partial charge in [0.15, 0.2) is 0 Å². The van der Waals surface area contributed by atoms with Crippen molar-refractivity contribution in [2.45, 2.75) is 20.4 Å². The molecule has 14 heavy (non-hydrogen) atoms. The van der Waals surface area contributed by atoms with Crippen LogP contribution >= 0.6 is 0 Å². The molecule has 0 heterocycles. The first-order chi connectivity index (χ1) is 6.59. The van der Waals surface area contributed by atoms with Crippen LogP contribution in [0.15, 0.2) is 18.2 Å². The van der Waals surface area contributed by atoms with Crippen molar-refractivity contribution in [3.63, 3.8) is 0 Å². The van der Waals surface area contributed by atoms with Crippen molar-refractivity contribution in [3.8, 4) is 0 Å². The zero-order valence-corrected chi connectivity index (χ0v) is 9.34. The van der Waals surface area contributed by atoms with E-state index in [2.05, 4.69) is 0 Å². The molecular weight excluding hydrogens is 179 g/mol. The predicted molar refractivity (Wildman–Crippen MR) is 59.6 cm³/mol. The molecule has 2 nitrogen and oxygen atoms in total. The largest absolute Gasteiger partial charge is 0.399 e. The maximum Gasteiger partial charge on any atom is 0.129 e. The fraction of sp³-hybridized carbons (Fsp3) is 0.455. The zero-order valence-electron chi connectivity index (χ0n) is 9.34. The zero-order chi connectivity index (χ0) is 11.1. The van der Waals surface area contributed by atoms with E-state index < -0.39 is 0 Å². The summed E-state index contributed by atoms with van der Waals surface area (Å²) in [6.45, 7) is 4.60. The van der Waals surface area contributed by atoms with Crippen molar-refractivity contribution >= 4 is 5.69 Å². The quantitative estimate of drug-likeness (QED) is 0.740. The Hall–Kier alpha value is -1.09. The number of rotatable bonds is 2. The summed E-state index contributed by atoms with van der Waals surface area (Å²) in [5, 5.41) is 0. The van der Waals surface area contributed by atoms with Gasteiger partial charge in [-0.2, -0.15) is 0 Å². The second kappa shape index (κ2) is 6.38. The van der Waals surface area contributed by atoms with Gasteiger partial charge in [-0.3, -0.25) is 0 Å². The topological polar surface area (TPSA) is 29.3 Å². The highest BCUT2D eigenvalue weighted by Crippen LogP contribution is 2.12.